The Hall–Kier alpha value is -2.62. The summed E-state index contributed by atoms with van der Waals surface area (Å²) in [6, 6.07) is 15.7. The number of amides is 1. The number of nitrogens with zero attached hydrogens (tertiary/aromatic N) is 2. The minimum absolute atomic E-state index is 0.127. The van der Waals surface area contributed by atoms with E-state index >= 15 is 0 Å². The zero-order valence-corrected chi connectivity index (χ0v) is 15.2. The molecule has 26 heavy (non-hydrogen) atoms. The predicted octanol–water partition coefficient (Wildman–Crippen LogP) is 2.68. The molecular formula is C17H15N4O3S2-. The summed E-state index contributed by atoms with van der Waals surface area (Å²) in [5.41, 5.74) is 1.56. The highest BCUT2D eigenvalue weighted by Gasteiger charge is 2.10. The Morgan fingerprint density at radius 2 is 1.73 bits per heavy atom. The molecule has 1 aromatic heterocycles. The molecule has 0 aliphatic carbocycles. The summed E-state index contributed by atoms with van der Waals surface area (Å²) in [6.07, 6.45) is 0.857. The van der Waals surface area contributed by atoms with Crippen molar-refractivity contribution in [2.24, 2.45) is 0 Å². The Morgan fingerprint density at radius 1 is 1.04 bits per heavy atom. The lowest BCUT2D eigenvalue weighted by Crippen LogP contribution is -2.11. The van der Waals surface area contributed by atoms with Crippen molar-refractivity contribution < 1.29 is 13.6 Å². The van der Waals surface area contributed by atoms with Crippen LogP contribution in [0.4, 0.5) is 10.3 Å². The van der Waals surface area contributed by atoms with Gasteiger partial charge in [-0.1, -0.05) is 41.7 Å². The van der Waals surface area contributed by atoms with Crippen LogP contribution in [0.25, 0.3) is 0 Å². The second kappa shape index (κ2) is 8.65. The van der Waals surface area contributed by atoms with Crippen LogP contribution in [-0.2, 0) is 17.5 Å². The first kappa shape index (κ1) is 18.2. The predicted molar refractivity (Wildman–Crippen MR) is 100 cm³/mol. The van der Waals surface area contributed by atoms with Crippen molar-refractivity contribution in [2.75, 3.05) is 17.2 Å². The van der Waals surface area contributed by atoms with Crippen molar-refractivity contribution in [3.05, 3.63) is 65.7 Å². The molecule has 1 atom stereocenters. The van der Waals surface area contributed by atoms with Crippen molar-refractivity contribution in [1.82, 2.24) is 10.2 Å². The summed E-state index contributed by atoms with van der Waals surface area (Å²) in [5.74, 6) is -0.375. The molecule has 0 spiro atoms. The first-order valence-electron chi connectivity index (χ1n) is 7.74. The van der Waals surface area contributed by atoms with Gasteiger partial charge in [0.25, 0.3) is 5.91 Å². The van der Waals surface area contributed by atoms with E-state index in [4.69, 9.17) is 0 Å². The van der Waals surface area contributed by atoms with Crippen LogP contribution >= 0.6 is 11.3 Å². The molecule has 0 saturated heterocycles. The van der Waals surface area contributed by atoms with Gasteiger partial charge in [-0.25, -0.2) is 0 Å². The summed E-state index contributed by atoms with van der Waals surface area (Å²) in [4.78, 5) is 12.3. The van der Waals surface area contributed by atoms with Crippen LogP contribution in [0.1, 0.15) is 15.9 Å². The molecule has 134 valence electrons. The molecule has 0 aliphatic heterocycles. The van der Waals surface area contributed by atoms with Crippen LogP contribution in [0.2, 0.25) is 0 Å². The third-order valence-corrected chi connectivity index (χ3v) is 4.94. The molecule has 7 nitrogen and oxygen atoms in total. The quantitative estimate of drug-likeness (QED) is 0.604. The highest BCUT2D eigenvalue weighted by Crippen LogP contribution is 2.20. The SMILES string of the molecule is O=C(Nc1nnc(NCCc2ccccc2)s1)c1ccc(S(=O)[O-])cc1. The smallest absolute Gasteiger partial charge is 0.257 e. The van der Waals surface area contributed by atoms with Crippen LogP contribution in [0.15, 0.2) is 59.5 Å². The summed E-state index contributed by atoms with van der Waals surface area (Å²) in [7, 11) is 0. The Morgan fingerprint density at radius 3 is 2.42 bits per heavy atom. The maximum Gasteiger partial charge on any atom is 0.257 e. The molecule has 0 aliphatic rings. The van der Waals surface area contributed by atoms with Crippen LogP contribution in [-0.4, -0.2) is 31.4 Å². The van der Waals surface area contributed by atoms with Gasteiger partial charge in [0.1, 0.15) is 0 Å². The van der Waals surface area contributed by atoms with Gasteiger partial charge in [0.2, 0.25) is 10.3 Å². The fourth-order valence-electron chi connectivity index (χ4n) is 2.19. The molecule has 2 aromatic carbocycles. The highest BCUT2D eigenvalue weighted by molar-refractivity contribution is 7.79. The lowest BCUT2D eigenvalue weighted by atomic mass is 10.2. The van der Waals surface area contributed by atoms with E-state index in [2.05, 4.69) is 33.0 Å². The lowest BCUT2D eigenvalue weighted by Gasteiger charge is -2.06. The highest BCUT2D eigenvalue weighted by atomic mass is 32.2. The topological polar surface area (TPSA) is 107 Å². The van der Waals surface area contributed by atoms with E-state index in [1.165, 1.54) is 41.2 Å². The van der Waals surface area contributed by atoms with Crippen molar-refractivity contribution in [1.29, 1.82) is 0 Å². The van der Waals surface area contributed by atoms with E-state index in [9.17, 15) is 13.6 Å². The van der Waals surface area contributed by atoms with E-state index in [0.29, 0.717) is 22.4 Å². The van der Waals surface area contributed by atoms with Gasteiger partial charge in [-0.2, -0.15) is 0 Å². The van der Waals surface area contributed by atoms with Gasteiger partial charge in [-0.3, -0.25) is 14.3 Å². The average Bonchev–Trinajstić information content (AvgIpc) is 3.10. The number of benzene rings is 2. The molecule has 0 bridgehead atoms. The summed E-state index contributed by atoms with van der Waals surface area (Å²) in [5, 5.41) is 14.7. The third kappa shape index (κ3) is 4.94. The lowest BCUT2D eigenvalue weighted by molar-refractivity contribution is 0.102. The largest absolute Gasteiger partial charge is 0.768 e. The Balaban J connectivity index is 1.52. The molecule has 0 saturated carbocycles. The molecule has 3 aromatic rings. The first-order chi connectivity index (χ1) is 12.6. The number of rotatable bonds is 7. The van der Waals surface area contributed by atoms with E-state index in [1.807, 2.05) is 18.2 Å². The number of hydrogen-bond acceptors (Lipinski definition) is 7. The fraction of sp³-hybridized carbons (Fsp3) is 0.118. The molecule has 3 rings (SSSR count). The van der Waals surface area contributed by atoms with E-state index in [1.54, 1.807) is 0 Å². The fourth-order valence-corrected chi connectivity index (χ4v) is 3.21. The van der Waals surface area contributed by atoms with E-state index in [-0.39, 0.29) is 10.8 Å². The Labute approximate surface area is 156 Å². The number of anilines is 2. The Bertz CT molecular complexity index is 898. The molecule has 1 heterocycles. The molecule has 0 fully saturated rings. The van der Waals surface area contributed by atoms with Crippen molar-refractivity contribution in [3.63, 3.8) is 0 Å². The molecule has 9 heteroatoms. The summed E-state index contributed by atoms with van der Waals surface area (Å²) in [6.45, 7) is 0.709. The Kier molecular flexibility index (Phi) is 6.05. The van der Waals surface area contributed by atoms with Crippen molar-refractivity contribution in [2.45, 2.75) is 11.3 Å². The van der Waals surface area contributed by atoms with Gasteiger partial charge < -0.3 is 9.87 Å². The first-order valence-corrected chi connectivity index (χ1v) is 9.63. The minimum atomic E-state index is -2.31. The van der Waals surface area contributed by atoms with Gasteiger partial charge in [0.05, 0.1) is 0 Å². The number of aromatic nitrogens is 2. The number of hydrogen-bond donors (Lipinski definition) is 2. The second-order valence-electron chi connectivity index (χ2n) is 5.29. The third-order valence-electron chi connectivity index (χ3n) is 3.49. The van der Waals surface area contributed by atoms with E-state index in [0.717, 1.165) is 6.42 Å². The van der Waals surface area contributed by atoms with Gasteiger partial charge in [-0.15, -0.1) is 10.2 Å². The van der Waals surface area contributed by atoms with Gasteiger partial charge in [-0.05, 0) is 47.3 Å². The van der Waals surface area contributed by atoms with Crippen LogP contribution in [0.5, 0.6) is 0 Å². The van der Waals surface area contributed by atoms with Crippen molar-refractivity contribution in [3.8, 4) is 0 Å². The van der Waals surface area contributed by atoms with Crippen molar-refractivity contribution >= 4 is 38.6 Å². The van der Waals surface area contributed by atoms with Gasteiger partial charge in [0.15, 0.2) is 0 Å². The van der Waals surface area contributed by atoms with Gasteiger partial charge in [0, 0.05) is 17.0 Å². The van der Waals surface area contributed by atoms with E-state index < -0.39 is 11.1 Å². The molecule has 1 amide bonds. The maximum absolute atomic E-state index is 12.2. The standard InChI is InChI=1S/C17H16N4O3S2/c22-15(13-6-8-14(9-7-13)26(23)24)19-17-21-20-16(25-17)18-11-10-12-4-2-1-3-5-12/h1-9H,10-11H2,(H,18,20)(H,23,24)(H,19,21,22)/p-1. The minimum Gasteiger partial charge on any atom is -0.768 e. The van der Waals surface area contributed by atoms with Crippen LogP contribution < -0.4 is 10.6 Å². The molecule has 1 unspecified atom stereocenters. The van der Waals surface area contributed by atoms with Crippen LogP contribution in [0.3, 0.4) is 0 Å². The zero-order valence-electron chi connectivity index (χ0n) is 13.5. The molecule has 2 N–H and O–H groups in total. The van der Waals surface area contributed by atoms with Gasteiger partial charge >= 0.3 is 0 Å². The summed E-state index contributed by atoms with van der Waals surface area (Å²) >= 11 is -1.08. The second-order valence-corrected chi connectivity index (χ2v) is 7.21. The number of carbonyl (C=O) groups excluding carboxylic acids is 1. The summed E-state index contributed by atoms with van der Waals surface area (Å²) < 4.78 is 21.7. The normalized spacial score (nSPS) is 11.7. The molecule has 0 radical (unpaired) electrons. The maximum atomic E-state index is 12.2. The molecular weight excluding hydrogens is 372 g/mol. The number of nitrogens with one attached hydrogen (secondary N) is 2. The monoisotopic (exact) mass is 387 g/mol. The number of carbonyl (C=O) groups is 1. The van der Waals surface area contributed by atoms with Crippen LogP contribution in [0, 0.1) is 0 Å². The average molecular weight is 387 g/mol. The zero-order chi connectivity index (χ0) is 18.4.